The first-order chi connectivity index (χ1) is 50.4. The number of ketones is 1. The number of carbonyl (C=O) groups is 2. The summed E-state index contributed by atoms with van der Waals surface area (Å²) in [6.07, 6.45) is 7.19. The van der Waals surface area contributed by atoms with E-state index in [2.05, 4.69) is 334 Å². The van der Waals surface area contributed by atoms with Gasteiger partial charge in [-0.25, -0.2) is 0 Å². The number of Topliss-reactive ketones (excluding diaryl/α,β-unsaturated/α-hetero) is 1. The molecule has 11 rings (SSSR count). The first-order valence-electron chi connectivity index (χ1n) is 38.2. The third-order valence-corrected chi connectivity index (χ3v) is 18.2. The van der Waals surface area contributed by atoms with Crippen LogP contribution in [0.15, 0.2) is 285 Å². The molecule has 1 heterocycles. The van der Waals surface area contributed by atoms with E-state index in [9.17, 15) is 9.59 Å². The normalized spacial score (nSPS) is 11.1. The van der Waals surface area contributed by atoms with Gasteiger partial charge in [0.25, 0.3) is 5.91 Å². The highest BCUT2D eigenvalue weighted by molar-refractivity contribution is 5.94. The van der Waals surface area contributed by atoms with Gasteiger partial charge in [-0.05, 0) is 181 Å². The molecule has 1 amide bonds. The minimum Gasteiger partial charge on any atom is -0.494 e. The third kappa shape index (κ3) is 32.2. The zero-order valence-corrected chi connectivity index (χ0v) is 67.3. The third-order valence-electron chi connectivity index (χ3n) is 18.2. The molecule has 0 bridgehead atoms. The number of benzene rings is 10. The van der Waals surface area contributed by atoms with Gasteiger partial charge < -0.3 is 15.4 Å². The minimum absolute atomic E-state index is 0.0330. The molecule has 0 aliphatic rings. The Morgan fingerprint density at radius 1 is 0.396 bits per heavy atom. The number of hydrogen-bond acceptors (Lipinski definition) is 5. The molecule has 1 aromatic heterocycles. The minimum atomic E-state index is -0.0330. The zero-order chi connectivity index (χ0) is 77.1. The number of anilines is 1. The van der Waals surface area contributed by atoms with Crippen LogP contribution in [0.25, 0.3) is 0 Å². The monoisotopic (exact) mass is 1410 g/mol. The average Bonchev–Trinajstić information content (AvgIpc) is 0.854. The molecule has 0 atom stereocenters. The number of amides is 1. The van der Waals surface area contributed by atoms with Crippen LogP contribution in [0.4, 0.5) is 5.69 Å². The molecule has 0 aliphatic heterocycles. The highest BCUT2D eigenvalue weighted by atomic mass is 16.5. The standard InChI is InChI=1S/C20H24O.C18H21NO.C17H21N.C16H19N.C16H18.C13H20O/c1-15-6-5-7-17(12-15)14-19(21)13-16-8-10-18(11-9-16)20(2,3)4;1-18(2,3)16-11-9-15(10-12-16)17(20)19-13-14-7-5-4-6-8-14;1-17(2,3)15-10-12-16(18-13-15)11-9-14-7-5-4-6-8-14;1-13(2)15-10-8-14(9-11-15)12-17-16-6-4-3-5-7-16;1-13(2)16-10-8-15(9-11-16)12-14-6-4-3-5-7-14;1-5-10-14-12-8-6-11(7-9-12)13(2,3)4/h5-12H,13-14H2,1-4H3;4-12H,13H2,1-3H3,(H,19,20);4-8,10,12-13H,9,11H2,1-3H3;3-11,13,17H,12H2,1-2H3;3-11,13H,12H2,1-2H3;6-9H,5,10H2,1-4H3. The highest BCUT2D eigenvalue weighted by Gasteiger charge is 2.18. The fourth-order valence-corrected chi connectivity index (χ4v) is 11.3. The molecular formula is C100H123N3O3. The predicted octanol–water partition coefficient (Wildman–Crippen LogP) is 25.3. The Hall–Kier alpha value is -9.91. The van der Waals surface area contributed by atoms with Crippen molar-refractivity contribution in [3.8, 4) is 5.75 Å². The van der Waals surface area contributed by atoms with Gasteiger partial charge in [0.15, 0.2) is 0 Å². The first-order valence-corrected chi connectivity index (χ1v) is 38.2. The molecule has 0 radical (unpaired) electrons. The lowest BCUT2D eigenvalue weighted by Crippen LogP contribution is -2.23. The van der Waals surface area contributed by atoms with E-state index >= 15 is 0 Å². The van der Waals surface area contributed by atoms with Gasteiger partial charge in [-0.1, -0.05) is 360 Å². The van der Waals surface area contributed by atoms with Crippen LogP contribution in [0.3, 0.4) is 0 Å². The first kappa shape index (κ1) is 85.0. The number of pyridine rings is 1. The van der Waals surface area contributed by atoms with Crippen LogP contribution in [0, 0.1) is 6.92 Å². The van der Waals surface area contributed by atoms with E-state index in [1.807, 2.05) is 91.1 Å². The summed E-state index contributed by atoms with van der Waals surface area (Å²) in [6.45, 7) is 41.7. The van der Waals surface area contributed by atoms with Crippen LogP contribution < -0.4 is 15.4 Å². The molecule has 6 heteroatoms. The topological polar surface area (TPSA) is 80.3 Å². The number of carbonyl (C=O) groups excluding carboxylic acids is 2. The molecule has 106 heavy (non-hydrogen) atoms. The van der Waals surface area contributed by atoms with Gasteiger partial charge in [-0.3, -0.25) is 14.6 Å². The number of hydrogen-bond donors (Lipinski definition) is 2. The van der Waals surface area contributed by atoms with Crippen LogP contribution >= 0.6 is 0 Å². The molecule has 6 nitrogen and oxygen atoms in total. The van der Waals surface area contributed by atoms with Crippen molar-refractivity contribution in [3.05, 3.63) is 374 Å². The lowest BCUT2D eigenvalue weighted by molar-refractivity contribution is -0.117. The Bertz CT molecular complexity index is 4230. The summed E-state index contributed by atoms with van der Waals surface area (Å²) in [5, 5.41) is 6.34. The van der Waals surface area contributed by atoms with Gasteiger partial charge in [-0.2, -0.15) is 0 Å². The molecule has 0 saturated heterocycles. The Balaban J connectivity index is 0.000000200. The quantitative estimate of drug-likeness (QED) is 0.0795. The Labute approximate surface area is 640 Å². The van der Waals surface area contributed by atoms with Gasteiger partial charge in [0, 0.05) is 49.1 Å². The second-order valence-corrected chi connectivity index (χ2v) is 32.4. The van der Waals surface area contributed by atoms with Crippen molar-refractivity contribution in [3.63, 3.8) is 0 Å². The number of rotatable bonds is 20. The van der Waals surface area contributed by atoms with Crippen molar-refractivity contribution in [2.24, 2.45) is 0 Å². The number of aryl methyl sites for hydroxylation is 3. The van der Waals surface area contributed by atoms with Crippen LogP contribution in [0.5, 0.6) is 5.75 Å². The van der Waals surface area contributed by atoms with Gasteiger partial charge in [0.2, 0.25) is 0 Å². The van der Waals surface area contributed by atoms with E-state index in [1.165, 1.54) is 72.6 Å². The van der Waals surface area contributed by atoms with Crippen molar-refractivity contribution in [1.29, 1.82) is 0 Å². The van der Waals surface area contributed by atoms with Crippen LogP contribution in [0.2, 0.25) is 0 Å². The lowest BCUT2D eigenvalue weighted by atomic mass is 9.86. The van der Waals surface area contributed by atoms with Gasteiger partial charge in [0.1, 0.15) is 11.5 Å². The summed E-state index contributed by atoms with van der Waals surface area (Å²) in [5.74, 6) is 2.43. The van der Waals surface area contributed by atoms with Crippen molar-refractivity contribution >= 4 is 17.4 Å². The van der Waals surface area contributed by atoms with E-state index in [-0.39, 0.29) is 33.4 Å². The van der Waals surface area contributed by atoms with E-state index in [4.69, 9.17) is 4.74 Å². The molecule has 2 N–H and O–H groups in total. The Kier molecular flexibility index (Phi) is 34.4. The van der Waals surface area contributed by atoms with Crippen molar-refractivity contribution in [2.75, 3.05) is 11.9 Å². The molecule has 0 spiro atoms. The van der Waals surface area contributed by atoms with Crippen molar-refractivity contribution < 1.29 is 14.3 Å². The number of nitrogens with one attached hydrogen (secondary N) is 2. The second-order valence-electron chi connectivity index (χ2n) is 32.4. The molecule has 10 aromatic carbocycles. The van der Waals surface area contributed by atoms with Crippen molar-refractivity contribution in [1.82, 2.24) is 10.3 Å². The Morgan fingerprint density at radius 2 is 0.802 bits per heavy atom. The van der Waals surface area contributed by atoms with Crippen molar-refractivity contribution in [2.45, 2.75) is 210 Å². The molecule has 0 unspecified atom stereocenters. The molecule has 11 aromatic rings. The molecular weight excluding hydrogens is 1290 g/mol. The summed E-state index contributed by atoms with van der Waals surface area (Å²) >= 11 is 0. The van der Waals surface area contributed by atoms with E-state index in [0.717, 1.165) is 61.3 Å². The highest BCUT2D eigenvalue weighted by Crippen LogP contribution is 2.27. The van der Waals surface area contributed by atoms with Crippen LogP contribution in [-0.4, -0.2) is 23.3 Å². The fraction of sp³-hybridized carbons (Fsp3) is 0.330. The zero-order valence-electron chi connectivity index (χ0n) is 67.3. The number of nitrogens with zero attached hydrogens (tertiary/aromatic N) is 1. The van der Waals surface area contributed by atoms with E-state index in [1.54, 1.807) is 0 Å². The maximum atomic E-state index is 12.2. The predicted molar refractivity (Wildman–Crippen MR) is 453 cm³/mol. The largest absolute Gasteiger partial charge is 0.494 e. The smallest absolute Gasteiger partial charge is 0.251 e. The summed E-state index contributed by atoms with van der Waals surface area (Å²) < 4.78 is 5.52. The number of para-hydroxylation sites is 1. The average molecular weight is 1420 g/mol. The van der Waals surface area contributed by atoms with E-state index in [0.29, 0.717) is 36.8 Å². The summed E-state index contributed by atoms with van der Waals surface area (Å²) in [6, 6.07) is 96.3. The maximum Gasteiger partial charge on any atom is 0.251 e. The number of ether oxygens (including phenoxy) is 1. The fourth-order valence-electron chi connectivity index (χ4n) is 11.3. The molecule has 556 valence electrons. The molecule has 0 fully saturated rings. The maximum absolute atomic E-state index is 12.2. The summed E-state index contributed by atoms with van der Waals surface area (Å²) in [4.78, 5) is 28.8. The van der Waals surface area contributed by atoms with E-state index < -0.39 is 0 Å². The second kappa shape index (κ2) is 42.9. The van der Waals surface area contributed by atoms with Gasteiger partial charge in [0.05, 0.1) is 6.61 Å². The Morgan fingerprint density at radius 3 is 1.26 bits per heavy atom. The summed E-state index contributed by atoms with van der Waals surface area (Å²) in [7, 11) is 0. The van der Waals surface area contributed by atoms with Gasteiger partial charge in [-0.15, -0.1) is 0 Å². The van der Waals surface area contributed by atoms with Gasteiger partial charge >= 0.3 is 0 Å². The lowest BCUT2D eigenvalue weighted by Gasteiger charge is -2.19. The number of aromatic nitrogens is 1. The van der Waals surface area contributed by atoms with Crippen LogP contribution in [0.1, 0.15) is 230 Å². The molecule has 0 aliphatic carbocycles. The summed E-state index contributed by atoms with van der Waals surface area (Å²) in [5.41, 5.74) is 21.7. The SMILES string of the molecule is CC(C)(C)c1ccc(C(=O)NCc2ccccc2)cc1.CC(C)(C)c1ccc(CCc2ccccc2)nc1.CC(C)c1ccc(CNc2ccccc2)cc1.CC(C)c1ccc(Cc2ccccc2)cc1.CCCOc1ccc(C(C)(C)C)cc1.Cc1cccc(CC(=O)Cc2ccc(C(C)(C)C)cc2)c1. The molecule has 0 saturated carbocycles. The van der Waals surface area contributed by atoms with Crippen LogP contribution in [-0.2, 0) is 71.6 Å².